The molecule has 12 heavy (non-hydrogen) atoms. The maximum absolute atomic E-state index is 11.4. The van der Waals surface area contributed by atoms with E-state index in [1.165, 1.54) is 0 Å². The van der Waals surface area contributed by atoms with Crippen LogP contribution in [-0.4, -0.2) is 31.2 Å². The summed E-state index contributed by atoms with van der Waals surface area (Å²) in [5.74, 6) is -0.0481. The lowest BCUT2D eigenvalue weighted by molar-refractivity contribution is -0.125. The van der Waals surface area contributed by atoms with E-state index < -0.39 is 0 Å². The predicted molar refractivity (Wildman–Crippen MR) is 43.4 cm³/mol. The topological polar surface area (TPSA) is 64.3 Å². The standard InChI is InChI=1S/C8H14N2O2/c9-7-4-12-3-6(7)8(11)10-5-1-2-5/h5-7H,1-4,9H2,(H,10,11). The summed E-state index contributed by atoms with van der Waals surface area (Å²) in [4.78, 5) is 11.4. The SMILES string of the molecule is NC1COCC1C(=O)NC1CC1. The summed E-state index contributed by atoms with van der Waals surface area (Å²) >= 11 is 0. The average molecular weight is 170 g/mol. The van der Waals surface area contributed by atoms with E-state index in [1.54, 1.807) is 0 Å². The fraction of sp³-hybridized carbons (Fsp3) is 0.875. The zero-order chi connectivity index (χ0) is 8.55. The molecule has 1 aliphatic heterocycles. The van der Waals surface area contributed by atoms with Gasteiger partial charge in [0.1, 0.15) is 0 Å². The minimum absolute atomic E-state index is 0.0718. The smallest absolute Gasteiger partial charge is 0.227 e. The second kappa shape index (κ2) is 3.03. The Morgan fingerprint density at radius 1 is 1.42 bits per heavy atom. The van der Waals surface area contributed by atoms with E-state index in [1.807, 2.05) is 0 Å². The van der Waals surface area contributed by atoms with E-state index in [-0.39, 0.29) is 17.9 Å². The van der Waals surface area contributed by atoms with E-state index in [0.29, 0.717) is 19.3 Å². The average Bonchev–Trinajstić information content (AvgIpc) is 2.72. The monoisotopic (exact) mass is 170 g/mol. The van der Waals surface area contributed by atoms with Crippen LogP contribution in [0.1, 0.15) is 12.8 Å². The normalized spacial score (nSPS) is 35.1. The number of hydrogen-bond acceptors (Lipinski definition) is 3. The molecule has 0 aromatic carbocycles. The highest BCUT2D eigenvalue weighted by Crippen LogP contribution is 2.20. The lowest BCUT2D eigenvalue weighted by Gasteiger charge is -2.12. The van der Waals surface area contributed by atoms with Crippen LogP contribution < -0.4 is 11.1 Å². The second-order valence-corrected chi connectivity index (χ2v) is 3.59. The van der Waals surface area contributed by atoms with Crippen LogP contribution in [0.25, 0.3) is 0 Å². The van der Waals surface area contributed by atoms with Crippen LogP contribution in [0.5, 0.6) is 0 Å². The number of amides is 1. The maximum atomic E-state index is 11.4. The molecule has 2 fully saturated rings. The van der Waals surface area contributed by atoms with E-state index in [2.05, 4.69) is 5.32 Å². The van der Waals surface area contributed by atoms with Crippen LogP contribution in [0, 0.1) is 5.92 Å². The molecule has 4 heteroatoms. The van der Waals surface area contributed by atoms with Crippen LogP contribution in [0.15, 0.2) is 0 Å². The molecule has 0 spiro atoms. The number of carbonyl (C=O) groups excluding carboxylic acids is 1. The van der Waals surface area contributed by atoms with Crippen molar-refractivity contribution in [1.29, 1.82) is 0 Å². The molecule has 1 heterocycles. The fourth-order valence-electron chi connectivity index (χ4n) is 1.38. The van der Waals surface area contributed by atoms with Gasteiger partial charge in [-0.25, -0.2) is 0 Å². The molecule has 2 aliphatic rings. The Hall–Kier alpha value is -0.610. The number of hydrogen-bond donors (Lipinski definition) is 2. The fourth-order valence-corrected chi connectivity index (χ4v) is 1.38. The summed E-state index contributed by atoms with van der Waals surface area (Å²) in [6.07, 6.45) is 2.24. The molecule has 1 saturated carbocycles. The molecule has 0 aromatic heterocycles. The third kappa shape index (κ3) is 1.59. The summed E-state index contributed by atoms with van der Waals surface area (Å²) in [6, 6.07) is 0.314. The van der Waals surface area contributed by atoms with Crippen LogP contribution in [-0.2, 0) is 9.53 Å². The molecule has 2 rings (SSSR count). The quantitative estimate of drug-likeness (QED) is 0.572. The lowest BCUT2D eigenvalue weighted by Crippen LogP contribution is -2.41. The first-order valence-electron chi connectivity index (χ1n) is 4.41. The summed E-state index contributed by atoms with van der Waals surface area (Å²) < 4.78 is 5.11. The van der Waals surface area contributed by atoms with Crippen molar-refractivity contribution in [2.45, 2.75) is 24.9 Å². The third-order valence-electron chi connectivity index (χ3n) is 2.39. The second-order valence-electron chi connectivity index (χ2n) is 3.59. The number of nitrogens with two attached hydrogens (primary N) is 1. The first-order chi connectivity index (χ1) is 5.77. The zero-order valence-electron chi connectivity index (χ0n) is 6.95. The summed E-state index contributed by atoms with van der Waals surface area (Å²) in [5.41, 5.74) is 5.69. The van der Waals surface area contributed by atoms with Gasteiger partial charge in [-0.2, -0.15) is 0 Å². The molecular weight excluding hydrogens is 156 g/mol. The van der Waals surface area contributed by atoms with Crippen molar-refractivity contribution >= 4 is 5.91 Å². The molecule has 2 unspecified atom stereocenters. The van der Waals surface area contributed by atoms with Crippen LogP contribution >= 0.6 is 0 Å². The van der Waals surface area contributed by atoms with Gasteiger partial charge in [0.25, 0.3) is 0 Å². The zero-order valence-corrected chi connectivity index (χ0v) is 6.95. The molecule has 1 aliphatic carbocycles. The molecule has 1 saturated heterocycles. The predicted octanol–water partition coefficient (Wildman–Crippen LogP) is -0.761. The van der Waals surface area contributed by atoms with Gasteiger partial charge in [-0.05, 0) is 12.8 Å². The summed E-state index contributed by atoms with van der Waals surface area (Å²) in [6.45, 7) is 1.00. The van der Waals surface area contributed by atoms with Crippen molar-refractivity contribution in [3.63, 3.8) is 0 Å². The summed E-state index contributed by atoms with van der Waals surface area (Å²) in [5, 5.41) is 2.93. The molecule has 68 valence electrons. The molecule has 1 amide bonds. The van der Waals surface area contributed by atoms with Crippen molar-refractivity contribution in [3.05, 3.63) is 0 Å². The Kier molecular flexibility index (Phi) is 2.02. The Morgan fingerprint density at radius 2 is 2.17 bits per heavy atom. The van der Waals surface area contributed by atoms with Gasteiger partial charge < -0.3 is 15.8 Å². The Labute approximate surface area is 71.4 Å². The van der Waals surface area contributed by atoms with Crippen molar-refractivity contribution in [3.8, 4) is 0 Å². The number of rotatable bonds is 2. The van der Waals surface area contributed by atoms with Crippen LogP contribution in [0.3, 0.4) is 0 Å². The van der Waals surface area contributed by atoms with Gasteiger partial charge in [0, 0.05) is 12.1 Å². The molecule has 3 N–H and O–H groups in total. The number of carbonyl (C=O) groups is 1. The van der Waals surface area contributed by atoms with Crippen molar-refractivity contribution in [2.75, 3.05) is 13.2 Å². The molecular formula is C8H14N2O2. The van der Waals surface area contributed by atoms with Crippen LogP contribution in [0.2, 0.25) is 0 Å². The van der Waals surface area contributed by atoms with E-state index >= 15 is 0 Å². The third-order valence-corrected chi connectivity index (χ3v) is 2.39. The van der Waals surface area contributed by atoms with Crippen molar-refractivity contribution in [2.24, 2.45) is 11.7 Å². The number of nitrogens with one attached hydrogen (secondary N) is 1. The minimum atomic E-state index is -0.120. The maximum Gasteiger partial charge on any atom is 0.227 e. The van der Waals surface area contributed by atoms with Gasteiger partial charge in [0.2, 0.25) is 5.91 Å². The molecule has 4 nitrogen and oxygen atoms in total. The Bertz CT molecular complexity index is 191. The largest absolute Gasteiger partial charge is 0.379 e. The first kappa shape index (κ1) is 8.01. The van der Waals surface area contributed by atoms with E-state index in [9.17, 15) is 4.79 Å². The number of ether oxygens (including phenoxy) is 1. The van der Waals surface area contributed by atoms with Gasteiger partial charge in [-0.3, -0.25) is 4.79 Å². The van der Waals surface area contributed by atoms with Crippen molar-refractivity contribution in [1.82, 2.24) is 5.32 Å². The minimum Gasteiger partial charge on any atom is -0.379 e. The molecule has 0 radical (unpaired) electrons. The molecule has 0 bridgehead atoms. The summed E-state index contributed by atoms with van der Waals surface area (Å²) in [7, 11) is 0. The Morgan fingerprint density at radius 3 is 2.67 bits per heavy atom. The highest BCUT2D eigenvalue weighted by atomic mass is 16.5. The van der Waals surface area contributed by atoms with Gasteiger partial charge >= 0.3 is 0 Å². The lowest BCUT2D eigenvalue weighted by atomic mass is 10.0. The van der Waals surface area contributed by atoms with Gasteiger partial charge in [-0.15, -0.1) is 0 Å². The van der Waals surface area contributed by atoms with Gasteiger partial charge in [-0.1, -0.05) is 0 Å². The van der Waals surface area contributed by atoms with E-state index in [4.69, 9.17) is 10.5 Å². The first-order valence-corrected chi connectivity index (χ1v) is 4.41. The Balaban J connectivity index is 1.84. The molecule has 0 aromatic rings. The van der Waals surface area contributed by atoms with E-state index in [0.717, 1.165) is 12.8 Å². The van der Waals surface area contributed by atoms with Gasteiger partial charge in [0.15, 0.2) is 0 Å². The highest BCUT2D eigenvalue weighted by molar-refractivity contribution is 5.80. The highest BCUT2D eigenvalue weighted by Gasteiger charge is 2.34. The van der Waals surface area contributed by atoms with Gasteiger partial charge in [0.05, 0.1) is 19.1 Å². The van der Waals surface area contributed by atoms with Crippen LogP contribution in [0.4, 0.5) is 0 Å². The molecule has 2 atom stereocenters. The van der Waals surface area contributed by atoms with Crippen molar-refractivity contribution < 1.29 is 9.53 Å².